The van der Waals surface area contributed by atoms with Crippen LogP contribution in [0.25, 0.3) is 16.5 Å². The lowest BCUT2D eigenvalue weighted by atomic mass is 10.1. The molecule has 3 heterocycles. The molecule has 0 aliphatic carbocycles. The Bertz CT molecular complexity index is 1030. The summed E-state index contributed by atoms with van der Waals surface area (Å²) in [7, 11) is 3.64. The number of rotatable bonds is 7. The van der Waals surface area contributed by atoms with Gasteiger partial charge in [0.05, 0.1) is 11.4 Å². The van der Waals surface area contributed by atoms with Gasteiger partial charge in [-0.1, -0.05) is 6.92 Å². The Labute approximate surface area is 170 Å². The maximum absolute atomic E-state index is 6.12. The quantitative estimate of drug-likeness (QED) is 0.301. The van der Waals surface area contributed by atoms with E-state index in [0.29, 0.717) is 23.0 Å². The van der Waals surface area contributed by atoms with Crippen molar-refractivity contribution in [2.75, 3.05) is 25.1 Å². The van der Waals surface area contributed by atoms with Gasteiger partial charge in [-0.2, -0.15) is 0 Å². The Morgan fingerprint density at radius 2 is 2.00 bits per heavy atom. The van der Waals surface area contributed by atoms with Crippen molar-refractivity contribution in [2.24, 2.45) is 11.6 Å². The van der Waals surface area contributed by atoms with Crippen molar-refractivity contribution in [3.8, 4) is 0 Å². The topological polar surface area (TPSA) is 144 Å². The number of aromatic nitrogens is 3. The van der Waals surface area contributed by atoms with E-state index in [0.717, 1.165) is 28.6 Å². The summed E-state index contributed by atoms with van der Waals surface area (Å²) < 4.78 is 0. The summed E-state index contributed by atoms with van der Waals surface area (Å²) in [6.07, 6.45) is 5.85. The molecular formula is C20H27N9. The number of nitrogen functional groups attached to an aromatic ring is 1. The predicted octanol–water partition coefficient (Wildman–Crippen LogP) is 2.08. The van der Waals surface area contributed by atoms with Gasteiger partial charge in [0.1, 0.15) is 17.5 Å². The fourth-order valence-corrected chi connectivity index (χ4v) is 3.23. The minimum atomic E-state index is 0.270. The highest BCUT2D eigenvalue weighted by molar-refractivity contribution is 5.93. The molecule has 1 unspecified atom stereocenters. The second kappa shape index (κ2) is 8.72. The molecule has 0 bridgehead atoms. The number of hydrogen-bond donors (Lipinski definition) is 5. The average molecular weight is 393 g/mol. The normalized spacial score (nSPS) is 12.8. The summed E-state index contributed by atoms with van der Waals surface area (Å²) in [6, 6.07) is 8.06. The van der Waals surface area contributed by atoms with Crippen LogP contribution in [0.5, 0.6) is 0 Å². The SMILES string of the molecule is CCC(NC)c1ccnc(Nc2cc3cc(/C(=C/N)N(C)N)nc(N)c3cn2)c1. The summed E-state index contributed by atoms with van der Waals surface area (Å²) in [5.41, 5.74) is 14.1. The molecule has 3 aromatic rings. The molecular weight excluding hydrogens is 366 g/mol. The Kier molecular flexibility index (Phi) is 6.10. The third kappa shape index (κ3) is 4.36. The van der Waals surface area contributed by atoms with E-state index in [-0.39, 0.29) is 6.04 Å². The predicted molar refractivity (Wildman–Crippen MR) is 118 cm³/mol. The number of anilines is 3. The lowest BCUT2D eigenvalue weighted by Gasteiger charge is -2.17. The third-order valence-corrected chi connectivity index (χ3v) is 4.74. The number of fused-ring (bicyclic) bond motifs is 1. The van der Waals surface area contributed by atoms with E-state index in [9.17, 15) is 0 Å². The first-order valence-corrected chi connectivity index (χ1v) is 9.34. The van der Waals surface area contributed by atoms with Crippen LogP contribution in [0.2, 0.25) is 0 Å². The van der Waals surface area contributed by atoms with Crippen molar-refractivity contribution in [2.45, 2.75) is 19.4 Å². The summed E-state index contributed by atoms with van der Waals surface area (Å²) in [5.74, 6) is 7.56. The summed E-state index contributed by atoms with van der Waals surface area (Å²) in [6.45, 7) is 2.14. The first-order valence-electron chi connectivity index (χ1n) is 9.34. The zero-order valence-electron chi connectivity index (χ0n) is 16.8. The van der Waals surface area contributed by atoms with E-state index >= 15 is 0 Å². The van der Waals surface area contributed by atoms with Crippen LogP contribution in [-0.2, 0) is 0 Å². The van der Waals surface area contributed by atoms with Gasteiger partial charge in [-0.25, -0.2) is 20.8 Å². The molecule has 3 aromatic heterocycles. The Hall–Kier alpha value is -3.43. The van der Waals surface area contributed by atoms with E-state index in [1.165, 1.54) is 11.2 Å². The van der Waals surface area contributed by atoms with Crippen LogP contribution >= 0.6 is 0 Å². The van der Waals surface area contributed by atoms with Crippen molar-refractivity contribution in [1.82, 2.24) is 25.3 Å². The lowest BCUT2D eigenvalue weighted by Crippen LogP contribution is -2.25. The van der Waals surface area contributed by atoms with E-state index in [2.05, 4.69) is 32.5 Å². The summed E-state index contributed by atoms with van der Waals surface area (Å²) in [4.78, 5) is 13.2. The van der Waals surface area contributed by atoms with Crippen LogP contribution in [0.1, 0.15) is 30.6 Å². The highest BCUT2D eigenvalue weighted by Gasteiger charge is 2.12. The third-order valence-electron chi connectivity index (χ3n) is 4.74. The summed E-state index contributed by atoms with van der Waals surface area (Å²) >= 11 is 0. The molecule has 0 aliphatic heterocycles. The molecule has 0 amide bonds. The van der Waals surface area contributed by atoms with Gasteiger partial charge in [0.25, 0.3) is 0 Å². The maximum Gasteiger partial charge on any atom is 0.133 e. The minimum Gasteiger partial charge on any atom is -0.403 e. The van der Waals surface area contributed by atoms with Gasteiger partial charge in [-0.05, 0) is 48.7 Å². The highest BCUT2D eigenvalue weighted by atomic mass is 15.4. The zero-order valence-corrected chi connectivity index (χ0v) is 16.8. The molecule has 9 heteroatoms. The van der Waals surface area contributed by atoms with Crippen LogP contribution in [0, 0.1) is 0 Å². The molecule has 9 nitrogen and oxygen atoms in total. The number of pyridine rings is 3. The Morgan fingerprint density at radius 3 is 2.66 bits per heavy atom. The standard InChI is InChI=1S/C20H27N9/c1-4-15(24-2)12-5-6-25-18(8-12)28-19-9-13-7-16(17(10-21)29(3)23)27-20(22)14(13)11-26-19/h5-11,15,24H,4,21,23H2,1-3H3,(H2,22,27)(H,25,26,28)/b17-10-. The molecule has 0 aromatic carbocycles. The zero-order chi connectivity index (χ0) is 21.0. The van der Waals surface area contributed by atoms with Crippen LogP contribution in [0.3, 0.4) is 0 Å². The number of nitrogens with two attached hydrogens (primary N) is 3. The molecule has 0 spiro atoms. The van der Waals surface area contributed by atoms with E-state index in [1.807, 2.05) is 31.3 Å². The first kappa shape index (κ1) is 20.3. The second-order valence-electron chi connectivity index (χ2n) is 6.70. The Balaban J connectivity index is 1.96. The molecule has 0 saturated carbocycles. The highest BCUT2D eigenvalue weighted by Crippen LogP contribution is 2.27. The van der Waals surface area contributed by atoms with Gasteiger partial charge in [0.2, 0.25) is 0 Å². The van der Waals surface area contributed by atoms with Gasteiger partial charge in [-0.15, -0.1) is 0 Å². The van der Waals surface area contributed by atoms with Gasteiger partial charge in [-0.3, -0.25) is 0 Å². The van der Waals surface area contributed by atoms with Gasteiger partial charge >= 0.3 is 0 Å². The molecule has 1 atom stereocenters. The molecule has 0 fully saturated rings. The monoisotopic (exact) mass is 393 g/mol. The molecule has 8 N–H and O–H groups in total. The van der Waals surface area contributed by atoms with Crippen LogP contribution in [-0.4, -0.2) is 34.1 Å². The van der Waals surface area contributed by atoms with E-state index < -0.39 is 0 Å². The smallest absolute Gasteiger partial charge is 0.133 e. The van der Waals surface area contributed by atoms with Crippen LogP contribution < -0.4 is 27.9 Å². The largest absolute Gasteiger partial charge is 0.403 e. The fourth-order valence-electron chi connectivity index (χ4n) is 3.23. The number of nitrogens with zero attached hydrogens (tertiary/aromatic N) is 4. The van der Waals surface area contributed by atoms with Crippen molar-refractivity contribution < 1.29 is 0 Å². The molecule has 0 radical (unpaired) electrons. The number of hydrogen-bond acceptors (Lipinski definition) is 9. The average Bonchev–Trinajstić information content (AvgIpc) is 2.69. The van der Waals surface area contributed by atoms with E-state index in [4.69, 9.17) is 17.3 Å². The molecule has 0 aliphatic rings. The molecule has 0 saturated heterocycles. The fraction of sp³-hybridized carbons (Fsp3) is 0.250. The molecule has 152 valence electrons. The Morgan fingerprint density at radius 1 is 1.24 bits per heavy atom. The molecule has 3 rings (SSSR count). The van der Waals surface area contributed by atoms with Crippen molar-refractivity contribution in [1.29, 1.82) is 0 Å². The second-order valence-corrected chi connectivity index (χ2v) is 6.70. The van der Waals surface area contributed by atoms with Crippen molar-refractivity contribution in [3.63, 3.8) is 0 Å². The molecule has 29 heavy (non-hydrogen) atoms. The van der Waals surface area contributed by atoms with E-state index in [1.54, 1.807) is 19.4 Å². The van der Waals surface area contributed by atoms with Gasteiger partial charge in [0, 0.05) is 37.1 Å². The summed E-state index contributed by atoms with van der Waals surface area (Å²) in [5, 5.41) is 9.57. The number of nitrogens with one attached hydrogen (secondary N) is 2. The van der Waals surface area contributed by atoms with Crippen LogP contribution in [0.4, 0.5) is 17.5 Å². The van der Waals surface area contributed by atoms with Crippen molar-refractivity contribution in [3.05, 3.63) is 54.1 Å². The lowest BCUT2D eigenvalue weighted by molar-refractivity contribution is 0.508. The minimum absolute atomic E-state index is 0.270. The maximum atomic E-state index is 6.12. The van der Waals surface area contributed by atoms with Crippen LogP contribution in [0.15, 0.2) is 42.9 Å². The van der Waals surface area contributed by atoms with Gasteiger partial charge in [0.15, 0.2) is 0 Å². The van der Waals surface area contributed by atoms with Gasteiger partial charge < -0.3 is 27.1 Å². The van der Waals surface area contributed by atoms with Crippen molar-refractivity contribution >= 4 is 33.9 Å². The first-order chi connectivity index (χ1) is 14.0. The number of hydrazine groups is 1.